The summed E-state index contributed by atoms with van der Waals surface area (Å²) in [5.74, 6) is 0.743. The molecule has 0 saturated carbocycles. The van der Waals surface area contributed by atoms with E-state index in [0.29, 0.717) is 24.6 Å². The van der Waals surface area contributed by atoms with E-state index in [2.05, 4.69) is 10.2 Å². The minimum atomic E-state index is -0.407. The van der Waals surface area contributed by atoms with Gasteiger partial charge in [0.1, 0.15) is 0 Å². The molecule has 2 amide bonds. The summed E-state index contributed by atoms with van der Waals surface area (Å²) in [7, 11) is 7.17. The number of amides is 2. The average Bonchev–Trinajstić information content (AvgIpc) is 3.00. The molecule has 1 N–H and O–H groups in total. The van der Waals surface area contributed by atoms with Crippen molar-refractivity contribution in [2.45, 2.75) is 25.8 Å². The number of nitrogens with zero attached hydrogens (tertiary/aromatic N) is 2. The van der Waals surface area contributed by atoms with E-state index in [4.69, 9.17) is 9.47 Å². The Hall–Kier alpha value is -2.28. The van der Waals surface area contributed by atoms with Gasteiger partial charge < -0.3 is 24.6 Å². The second kappa shape index (κ2) is 9.60. The Kier molecular flexibility index (Phi) is 7.47. The fourth-order valence-electron chi connectivity index (χ4n) is 3.59. The highest BCUT2D eigenvalue weighted by Crippen LogP contribution is 2.41. The summed E-state index contributed by atoms with van der Waals surface area (Å²) in [5, 5.41) is 3.00. The van der Waals surface area contributed by atoms with Crippen LogP contribution < -0.4 is 14.8 Å². The SMILES string of the molecule is CCN1C(=O)C[C@@H](C(=O)NCCCN(C)C)[C@@H]1c1ccc(OC)c(OC)c1. The lowest BCUT2D eigenvalue weighted by Crippen LogP contribution is -2.36. The summed E-state index contributed by atoms with van der Waals surface area (Å²) in [6.45, 7) is 4.00. The number of benzene rings is 1. The number of rotatable bonds is 9. The Morgan fingerprint density at radius 3 is 2.56 bits per heavy atom. The predicted molar refractivity (Wildman–Crippen MR) is 104 cm³/mol. The fourth-order valence-corrected chi connectivity index (χ4v) is 3.59. The maximum atomic E-state index is 12.8. The summed E-state index contributed by atoms with van der Waals surface area (Å²) >= 11 is 0. The molecule has 1 aliphatic heterocycles. The van der Waals surface area contributed by atoms with Gasteiger partial charge in [0.2, 0.25) is 11.8 Å². The van der Waals surface area contributed by atoms with Gasteiger partial charge in [-0.3, -0.25) is 9.59 Å². The van der Waals surface area contributed by atoms with Gasteiger partial charge in [0.05, 0.1) is 26.2 Å². The van der Waals surface area contributed by atoms with Crippen molar-refractivity contribution >= 4 is 11.8 Å². The van der Waals surface area contributed by atoms with E-state index in [-0.39, 0.29) is 24.3 Å². The molecule has 2 atom stereocenters. The van der Waals surface area contributed by atoms with E-state index in [1.54, 1.807) is 19.1 Å². The normalized spacial score (nSPS) is 19.5. The standard InChI is InChI=1S/C20H31N3O4/c1-6-23-18(24)13-15(20(25)21-10-7-11-22(2)3)19(23)14-8-9-16(26-4)17(12-14)27-5/h8-9,12,15,19H,6-7,10-11,13H2,1-5H3,(H,21,25)/t15-,19+/m1/s1. The summed E-state index contributed by atoms with van der Waals surface area (Å²) in [6, 6.07) is 5.28. The predicted octanol–water partition coefficient (Wildman–Crippen LogP) is 1.68. The van der Waals surface area contributed by atoms with Crippen LogP contribution in [0.1, 0.15) is 31.4 Å². The second-order valence-electron chi connectivity index (χ2n) is 7.00. The molecule has 0 radical (unpaired) electrons. The number of likely N-dealkylation sites (tertiary alicyclic amines) is 1. The van der Waals surface area contributed by atoms with Crippen LogP contribution in [-0.2, 0) is 9.59 Å². The van der Waals surface area contributed by atoms with Gasteiger partial charge >= 0.3 is 0 Å². The minimum absolute atomic E-state index is 0.00530. The van der Waals surface area contributed by atoms with Crippen LogP contribution >= 0.6 is 0 Å². The van der Waals surface area contributed by atoms with Crippen LogP contribution in [0.3, 0.4) is 0 Å². The monoisotopic (exact) mass is 377 g/mol. The first kappa shape index (κ1) is 21.0. The smallest absolute Gasteiger partial charge is 0.226 e. The summed E-state index contributed by atoms with van der Waals surface area (Å²) in [6.07, 6.45) is 1.10. The third-order valence-corrected chi connectivity index (χ3v) is 4.94. The summed E-state index contributed by atoms with van der Waals surface area (Å²) in [4.78, 5) is 29.1. The molecule has 27 heavy (non-hydrogen) atoms. The maximum Gasteiger partial charge on any atom is 0.226 e. The van der Waals surface area contributed by atoms with E-state index in [9.17, 15) is 9.59 Å². The van der Waals surface area contributed by atoms with Gasteiger partial charge in [-0.15, -0.1) is 0 Å². The highest BCUT2D eigenvalue weighted by atomic mass is 16.5. The van der Waals surface area contributed by atoms with Crippen molar-refractivity contribution in [1.82, 2.24) is 15.1 Å². The molecule has 0 bridgehead atoms. The van der Waals surface area contributed by atoms with Gasteiger partial charge in [-0.2, -0.15) is 0 Å². The van der Waals surface area contributed by atoms with Gasteiger partial charge in [0.15, 0.2) is 11.5 Å². The Labute approximate surface area is 161 Å². The molecule has 0 aliphatic carbocycles. The van der Waals surface area contributed by atoms with Crippen molar-refractivity contribution < 1.29 is 19.1 Å². The molecule has 150 valence electrons. The largest absolute Gasteiger partial charge is 0.493 e. The number of methoxy groups -OCH3 is 2. The van der Waals surface area contributed by atoms with E-state index in [1.165, 1.54) is 0 Å². The molecule has 1 fully saturated rings. The van der Waals surface area contributed by atoms with Crippen LogP contribution in [0, 0.1) is 5.92 Å². The molecule has 0 aromatic heterocycles. The van der Waals surface area contributed by atoms with Gasteiger partial charge in [0, 0.05) is 19.5 Å². The molecular formula is C20H31N3O4. The lowest BCUT2D eigenvalue weighted by Gasteiger charge is -2.28. The zero-order valence-corrected chi connectivity index (χ0v) is 16.9. The Morgan fingerprint density at radius 1 is 1.26 bits per heavy atom. The van der Waals surface area contributed by atoms with Gasteiger partial charge in [-0.25, -0.2) is 0 Å². The lowest BCUT2D eigenvalue weighted by atomic mass is 9.92. The van der Waals surface area contributed by atoms with Crippen molar-refractivity contribution in [3.8, 4) is 11.5 Å². The molecule has 2 rings (SSSR count). The zero-order chi connectivity index (χ0) is 20.0. The molecule has 7 heteroatoms. The van der Waals surface area contributed by atoms with Gasteiger partial charge in [-0.1, -0.05) is 6.07 Å². The summed E-state index contributed by atoms with van der Waals surface area (Å²) < 4.78 is 10.7. The number of carbonyl (C=O) groups is 2. The molecular weight excluding hydrogens is 346 g/mol. The minimum Gasteiger partial charge on any atom is -0.493 e. The number of carbonyl (C=O) groups excluding carboxylic acids is 2. The lowest BCUT2D eigenvalue weighted by molar-refractivity contribution is -0.129. The van der Waals surface area contributed by atoms with Crippen molar-refractivity contribution in [2.24, 2.45) is 5.92 Å². The Bertz CT molecular complexity index is 663. The number of hydrogen-bond donors (Lipinski definition) is 1. The fraction of sp³-hybridized carbons (Fsp3) is 0.600. The molecule has 0 unspecified atom stereocenters. The third kappa shape index (κ3) is 4.91. The summed E-state index contributed by atoms with van der Waals surface area (Å²) in [5.41, 5.74) is 0.883. The molecule has 1 heterocycles. The molecule has 1 aliphatic rings. The molecule has 1 aromatic rings. The van der Waals surface area contributed by atoms with E-state index >= 15 is 0 Å². The number of hydrogen-bond acceptors (Lipinski definition) is 5. The Balaban J connectivity index is 2.21. The van der Waals surface area contributed by atoms with Crippen molar-refractivity contribution in [1.29, 1.82) is 0 Å². The van der Waals surface area contributed by atoms with Crippen LogP contribution in [0.4, 0.5) is 0 Å². The van der Waals surface area contributed by atoms with Gasteiger partial charge in [0.25, 0.3) is 0 Å². The quantitative estimate of drug-likeness (QED) is 0.663. The van der Waals surface area contributed by atoms with E-state index in [0.717, 1.165) is 18.5 Å². The molecule has 1 saturated heterocycles. The zero-order valence-electron chi connectivity index (χ0n) is 16.9. The molecule has 1 aromatic carbocycles. The molecule has 0 spiro atoms. The maximum absolute atomic E-state index is 12.8. The first-order valence-corrected chi connectivity index (χ1v) is 9.36. The van der Waals surface area contributed by atoms with Crippen LogP contribution in [0.15, 0.2) is 18.2 Å². The van der Waals surface area contributed by atoms with Crippen LogP contribution in [-0.4, -0.2) is 69.6 Å². The average molecular weight is 377 g/mol. The Morgan fingerprint density at radius 2 is 1.96 bits per heavy atom. The van der Waals surface area contributed by atoms with Crippen LogP contribution in [0.2, 0.25) is 0 Å². The number of nitrogens with one attached hydrogen (secondary N) is 1. The third-order valence-electron chi connectivity index (χ3n) is 4.94. The van der Waals surface area contributed by atoms with Crippen molar-refractivity contribution in [3.05, 3.63) is 23.8 Å². The van der Waals surface area contributed by atoms with Crippen molar-refractivity contribution in [2.75, 3.05) is 47.9 Å². The van der Waals surface area contributed by atoms with Gasteiger partial charge in [-0.05, 0) is 51.7 Å². The first-order valence-electron chi connectivity index (χ1n) is 9.36. The van der Waals surface area contributed by atoms with Crippen molar-refractivity contribution in [3.63, 3.8) is 0 Å². The topological polar surface area (TPSA) is 71.1 Å². The van der Waals surface area contributed by atoms with Crippen LogP contribution in [0.25, 0.3) is 0 Å². The number of ether oxygens (including phenoxy) is 2. The first-order chi connectivity index (χ1) is 12.9. The van der Waals surface area contributed by atoms with E-state index < -0.39 is 5.92 Å². The molecule has 7 nitrogen and oxygen atoms in total. The highest BCUT2D eigenvalue weighted by Gasteiger charge is 2.43. The second-order valence-corrected chi connectivity index (χ2v) is 7.00. The van der Waals surface area contributed by atoms with E-state index in [1.807, 2.05) is 39.2 Å². The highest BCUT2D eigenvalue weighted by molar-refractivity contribution is 5.90. The van der Waals surface area contributed by atoms with Crippen LogP contribution in [0.5, 0.6) is 11.5 Å².